The molecule has 0 aliphatic rings. The van der Waals surface area contributed by atoms with Gasteiger partial charge in [-0.2, -0.15) is 0 Å². The molecule has 3 aromatic rings. The van der Waals surface area contributed by atoms with Gasteiger partial charge in [-0.05, 0) is 37.1 Å². The average Bonchev–Trinajstić information content (AvgIpc) is 2.69. The smallest absolute Gasteiger partial charge is 0.340 e. The van der Waals surface area contributed by atoms with Gasteiger partial charge in [-0.15, -0.1) is 0 Å². The highest BCUT2D eigenvalue weighted by Crippen LogP contribution is 2.24. The predicted molar refractivity (Wildman–Crippen MR) is 107 cm³/mol. The molecule has 0 fully saturated rings. The first-order valence-corrected chi connectivity index (χ1v) is 8.91. The lowest BCUT2D eigenvalue weighted by molar-refractivity contribution is 0.0527. The molecular weight excluding hydrogens is 340 g/mol. The topological polar surface area (TPSA) is 76.1 Å². The van der Waals surface area contributed by atoms with E-state index in [9.17, 15) is 4.79 Å². The van der Waals surface area contributed by atoms with Crippen molar-refractivity contribution in [3.63, 3.8) is 0 Å². The van der Waals surface area contributed by atoms with Gasteiger partial charge in [0.25, 0.3) is 0 Å². The number of aryl methyl sites for hydroxylation is 1. The Balaban J connectivity index is 1.82. The molecule has 0 atom stereocenters. The van der Waals surface area contributed by atoms with Crippen LogP contribution >= 0.6 is 0 Å². The van der Waals surface area contributed by atoms with Crippen LogP contribution in [0.25, 0.3) is 0 Å². The van der Waals surface area contributed by atoms with Crippen molar-refractivity contribution in [3.8, 4) is 0 Å². The zero-order valence-corrected chi connectivity index (χ0v) is 15.4. The van der Waals surface area contributed by atoms with Crippen molar-refractivity contribution < 1.29 is 9.53 Å². The summed E-state index contributed by atoms with van der Waals surface area (Å²) in [7, 11) is 0. The van der Waals surface area contributed by atoms with Gasteiger partial charge in [-0.1, -0.05) is 37.3 Å². The van der Waals surface area contributed by atoms with Crippen molar-refractivity contribution in [2.75, 3.05) is 17.2 Å². The number of carbonyl (C=O) groups is 1. The van der Waals surface area contributed by atoms with E-state index in [0.29, 0.717) is 29.5 Å². The molecule has 0 saturated heterocycles. The minimum absolute atomic E-state index is 0.325. The zero-order chi connectivity index (χ0) is 19.1. The number of carbonyl (C=O) groups excluding carboxylic acids is 1. The van der Waals surface area contributed by atoms with E-state index in [-0.39, 0.29) is 5.97 Å². The predicted octanol–water partition coefficient (Wildman–Crippen LogP) is 4.70. The maximum Gasteiger partial charge on any atom is 0.340 e. The van der Waals surface area contributed by atoms with Gasteiger partial charge in [-0.3, -0.25) is 0 Å². The number of ether oxygens (including phenoxy) is 1. The van der Waals surface area contributed by atoms with Crippen molar-refractivity contribution in [1.82, 2.24) is 9.97 Å². The molecular formula is C21H22N4O2. The lowest BCUT2D eigenvalue weighted by Gasteiger charge is -2.13. The van der Waals surface area contributed by atoms with E-state index in [2.05, 4.69) is 33.6 Å². The molecule has 6 nitrogen and oxygen atoms in total. The van der Waals surface area contributed by atoms with Gasteiger partial charge >= 0.3 is 5.97 Å². The molecule has 1 aromatic heterocycles. The number of aromatic nitrogens is 2. The Labute approximate surface area is 158 Å². The van der Waals surface area contributed by atoms with Crippen molar-refractivity contribution >= 4 is 29.0 Å². The second-order valence-corrected chi connectivity index (χ2v) is 5.82. The van der Waals surface area contributed by atoms with Crippen LogP contribution in [-0.2, 0) is 11.2 Å². The van der Waals surface area contributed by atoms with E-state index >= 15 is 0 Å². The molecule has 3 rings (SSSR count). The van der Waals surface area contributed by atoms with Crippen LogP contribution in [0.3, 0.4) is 0 Å². The third-order valence-corrected chi connectivity index (χ3v) is 4.01. The zero-order valence-electron chi connectivity index (χ0n) is 15.4. The molecule has 138 valence electrons. The molecule has 1 heterocycles. The molecule has 0 spiro atoms. The molecule has 27 heavy (non-hydrogen) atoms. The van der Waals surface area contributed by atoms with Gasteiger partial charge in [-0.25, -0.2) is 14.8 Å². The molecule has 0 aliphatic carbocycles. The largest absolute Gasteiger partial charge is 0.462 e. The molecule has 0 aliphatic heterocycles. The number of para-hydroxylation sites is 2. The number of benzene rings is 2. The maximum absolute atomic E-state index is 12.1. The van der Waals surface area contributed by atoms with Crippen LogP contribution in [0.1, 0.15) is 29.8 Å². The highest BCUT2D eigenvalue weighted by Gasteiger charge is 2.12. The van der Waals surface area contributed by atoms with Crippen LogP contribution in [0.15, 0.2) is 60.9 Å². The van der Waals surface area contributed by atoms with Gasteiger partial charge in [0.2, 0.25) is 0 Å². The number of nitrogens with one attached hydrogen (secondary N) is 2. The highest BCUT2D eigenvalue weighted by atomic mass is 16.5. The van der Waals surface area contributed by atoms with Crippen LogP contribution < -0.4 is 10.6 Å². The molecule has 0 saturated carbocycles. The molecule has 0 radical (unpaired) electrons. The number of esters is 1. The summed E-state index contributed by atoms with van der Waals surface area (Å²) in [4.78, 5) is 20.7. The lowest BCUT2D eigenvalue weighted by Crippen LogP contribution is -2.08. The van der Waals surface area contributed by atoms with Crippen molar-refractivity contribution in [3.05, 3.63) is 72.1 Å². The quantitative estimate of drug-likeness (QED) is 0.593. The van der Waals surface area contributed by atoms with E-state index in [1.165, 1.54) is 11.9 Å². The minimum atomic E-state index is -0.370. The summed E-state index contributed by atoms with van der Waals surface area (Å²) in [6.45, 7) is 4.22. The Hall–Kier alpha value is -3.41. The van der Waals surface area contributed by atoms with Gasteiger partial charge in [0.05, 0.1) is 17.9 Å². The van der Waals surface area contributed by atoms with Crippen LogP contribution in [0.5, 0.6) is 0 Å². The lowest BCUT2D eigenvalue weighted by atomic mass is 10.1. The minimum Gasteiger partial charge on any atom is -0.462 e. The first kappa shape index (κ1) is 18.4. The second kappa shape index (κ2) is 8.80. The normalized spacial score (nSPS) is 10.3. The van der Waals surface area contributed by atoms with Crippen LogP contribution in [0.2, 0.25) is 0 Å². The van der Waals surface area contributed by atoms with Gasteiger partial charge in [0, 0.05) is 11.8 Å². The average molecular weight is 362 g/mol. The Kier molecular flexibility index (Phi) is 5.99. The van der Waals surface area contributed by atoms with E-state index in [1.54, 1.807) is 25.1 Å². The molecule has 6 heteroatoms. The summed E-state index contributed by atoms with van der Waals surface area (Å²) < 4.78 is 5.11. The highest BCUT2D eigenvalue weighted by molar-refractivity contribution is 5.96. The van der Waals surface area contributed by atoms with Crippen molar-refractivity contribution in [2.45, 2.75) is 20.3 Å². The summed E-state index contributed by atoms with van der Waals surface area (Å²) in [5, 5.41) is 6.50. The number of anilines is 4. The summed E-state index contributed by atoms with van der Waals surface area (Å²) >= 11 is 0. The van der Waals surface area contributed by atoms with E-state index in [0.717, 1.165) is 12.1 Å². The summed E-state index contributed by atoms with van der Waals surface area (Å²) in [5.41, 5.74) is 3.31. The first-order valence-electron chi connectivity index (χ1n) is 8.91. The Morgan fingerprint density at radius 2 is 1.56 bits per heavy atom. The fraction of sp³-hybridized carbons (Fsp3) is 0.190. The van der Waals surface area contributed by atoms with E-state index < -0.39 is 0 Å². The third kappa shape index (κ3) is 4.61. The Bertz CT molecular complexity index is 927. The van der Waals surface area contributed by atoms with Gasteiger partial charge < -0.3 is 15.4 Å². The summed E-state index contributed by atoms with van der Waals surface area (Å²) in [6.07, 6.45) is 2.40. The molecule has 0 amide bonds. The number of hydrogen-bond donors (Lipinski definition) is 2. The number of hydrogen-bond acceptors (Lipinski definition) is 6. The Morgan fingerprint density at radius 3 is 2.26 bits per heavy atom. The van der Waals surface area contributed by atoms with E-state index in [1.807, 2.05) is 30.3 Å². The molecule has 0 bridgehead atoms. The van der Waals surface area contributed by atoms with Crippen molar-refractivity contribution in [1.29, 1.82) is 0 Å². The number of nitrogens with zero attached hydrogens (tertiary/aromatic N) is 2. The maximum atomic E-state index is 12.1. The van der Waals surface area contributed by atoms with Crippen LogP contribution in [0.4, 0.5) is 23.0 Å². The number of rotatable bonds is 7. The molecule has 2 N–H and O–H groups in total. The monoisotopic (exact) mass is 362 g/mol. The van der Waals surface area contributed by atoms with Crippen molar-refractivity contribution in [2.24, 2.45) is 0 Å². The fourth-order valence-electron chi connectivity index (χ4n) is 2.70. The molecule has 2 aromatic carbocycles. The standard InChI is InChI=1S/C21H22N4O2/c1-3-15-9-5-7-11-17(15)24-19-13-20(23-14-22-19)25-18-12-8-6-10-16(18)21(26)27-4-2/h5-14H,3-4H2,1-2H3,(H2,22,23,24,25). The summed E-state index contributed by atoms with van der Waals surface area (Å²) in [5.74, 6) is 0.880. The Morgan fingerprint density at radius 1 is 0.926 bits per heavy atom. The van der Waals surface area contributed by atoms with Crippen LogP contribution in [-0.4, -0.2) is 22.5 Å². The fourth-order valence-corrected chi connectivity index (χ4v) is 2.70. The van der Waals surface area contributed by atoms with Crippen LogP contribution in [0, 0.1) is 0 Å². The van der Waals surface area contributed by atoms with Gasteiger partial charge in [0.1, 0.15) is 18.0 Å². The summed E-state index contributed by atoms with van der Waals surface area (Å²) in [6, 6.07) is 17.1. The van der Waals surface area contributed by atoms with Gasteiger partial charge in [0.15, 0.2) is 0 Å². The first-order chi connectivity index (χ1) is 13.2. The van der Waals surface area contributed by atoms with E-state index in [4.69, 9.17) is 4.74 Å². The second-order valence-electron chi connectivity index (χ2n) is 5.82. The third-order valence-electron chi connectivity index (χ3n) is 4.01. The SMILES string of the molecule is CCOC(=O)c1ccccc1Nc1cc(Nc2ccccc2CC)ncn1. The molecule has 0 unspecified atom stereocenters.